The molecule has 0 amide bonds. The van der Waals surface area contributed by atoms with Gasteiger partial charge in [0.05, 0.1) is 14.1 Å². The largest absolute Gasteiger partial charge is 0.317 e. The Bertz CT molecular complexity index is 696. The van der Waals surface area contributed by atoms with Crippen molar-refractivity contribution in [2.45, 2.75) is 57.0 Å². The maximum atomic E-state index is 3.78. The van der Waals surface area contributed by atoms with Gasteiger partial charge in [-0.3, -0.25) is 0 Å². The van der Waals surface area contributed by atoms with Crippen LogP contribution in [0.15, 0.2) is 84.6 Å². The van der Waals surface area contributed by atoms with Gasteiger partial charge >= 0.3 is 0 Å². The summed E-state index contributed by atoms with van der Waals surface area (Å²) in [5, 5.41) is 0. The number of rotatable bonds is 7. The van der Waals surface area contributed by atoms with Gasteiger partial charge < -0.3 is 4.48 Å². The molecule has 0 aliphatic heterocycles. The van der Waals surface area contributed by atoms with Crippen LogP contribution in [0.25, 0.3) is 0 Å². The monoisotopic (exact) mass is 362 g/mol. The average Bonchev–Trinajstić information content (AvgIpc) is 2.72. The predicted octanol–water partition coefficient (Wildman–Crippen LogP) is 6.45. The molecule has 0 spiro atoms. The summed E-state index contributed by atoms with van der Waals surface area (Å²) >= 11 is 0. The van der Waals surface area contributed by atoms with E-state index in [1.807, 2.05) is 6.08 Å². The van der Waals surface area contributed by atoms with Crippen molar-refractivity contribution in [3.05, 3.63) is 84.6 Å². The Morgan fingerprint density at radius 1 is 1.00 bits per heavy atom. The molecule has 3 aliphatic rings. The second kappa shape index (κ2) is 9.37. The standard InChI is InChI=1S/C26H36N/c1-4-5-6-8-11-22-14-18-25(19-15-22)27(2,3)26-20-16-24(17-21-26)23-12-9-7-10-13-23/h4,7-9,11,14-18,20,23,25-26H,1,5-6,10,12-13,19,21H2,2-3H3/q+1/b11-8+. The van der Waals surface area contributed by atoms with Crippen LogP contribution < -0.4 is 0 Å². The highest BCUT2D eigenvalue weighted by molar-refractivity contribution is 5.34. The van der Waals surface area contributed by atoms with E-state index in [1.165, 1.54) is 31.3 Å². The molecule has 0 aromatic rings. The third kappa shape index (κ3) is 5.11. The van der Waals surface area contributed by atoms with Crippen molar-refractivity contribution in [3.63, 3.8) is 0 Å². The quantitative estimate of drug-likeness (QED) is 0.277. The number of hydrogen-bond donors (Lipinski definition) is 0. The van der Waals surface area contributed by atoms with Crippen LogP contribution >= 0.6 is 0 Å². The van der Waals surface area contributed by atoms with Crippen LogP contribution in [-0.2, 0) is 0 Å². The van der Waals surface area contributed by atoms with E-state index in [1.54, 1.807) is 5.57 Å². The molecule has 0 N–H and O–H groups in total. The first-order valence-electron chi connectivity index (χ1n) is 10.6. The lowest BCUT2D eigenvalue weighted by molar-refractivity contribution is -0.925. The maximum Gasteiger partial charge on any atom is 0.112 e. The zero-order valence-corrected chi connectivity index (χ0v) is 17.2. The molecule has 27 heavy (non-hydrogen) atoms. The molecule has 3 rings (SSSR count). The minimum atomic E-state index is 0.553. The number of unbranched alkanes of at least 4 members (excludes halogenated alkanes) is 1. The Hall–Kier alpha value is -1.86. The van der Waals surface area contributed by atoms with Crippen molar-refractivity contribution < 1.29 is 4.48 Å². The Kier molecular flexibility index (Phi) is 6.90. The van der Waals surface area contributed by atoms with Crippen molar-refractivity contribution in [1.82, 2.24) is 0 Å². The second-order valence-electron chi connectivity index (χ2n) is 8.61. The fourth-order valence-corrected chi connectivity index (χ4v) is 4.44. The Morgan fingerprint density at radius 3 is 2.37 bits per heavy atom. The highest BCUT2D eigenvalue weighted by atomic mass is 15.4. The molecule has 0 saturated heterocycles. The molecule has 1 nitrogen and oxygen atoms in total. The van der Waals surface area contributed by atoms with Crippen LogP contribution in [0.2, 0.25) is 0 Å². The molecule has 0 saturated carbocycles. The number of likely N-dealkylation sites (N-methyl/N-ethyl adjacent to an activating group) is 1. The lowest BCUT2D eigenvalue weighted by Crippen LogP contribution is -2.54. The fourth-order valence-electron chi connectivity index (χ4n) is 4.44. The molecule has 144 valence electrons. The van der Waals surface area contributed by atoms with Gasteiger partial charge in [0, 0.05) is 12.8 Å². The van der Waals surface area contributed by atoms with E-state index >= 15 is 0 Å². The van der Waals surface area contributed by atoms with E-state index in [0.717, 1.165) is 29.7 Å². The molecule has 0 fully saturated rings. The van der Waals surface area contributed by atoms with Crippen LogP contribution in [0.3, 0.4) is 0 Å². The minimum Gasteiger partial charge on any atom is -0.317 e. The number of nitrogens with zero attached hydrogens (tertiary/aromatic N) is 1. The summed E-state index contributed by atoms with van der Waals surface area (Å²) < 4.78 is 1.03. The van der Waals surface area contributed by atoms with E-state index in [-0.39, 0.29) is 0 Å². The van der Waals surface area contributed by atoms with Gasteiger partial charge in [0.15, 0.2) is 0 Å². The van der Waals surface area contributed by atoms with Gasteiger partial charge in [0.25, 0.3) is 0 Å². The SMILES string of the molecule is C=CCC/C=C/C1=CCC([N+](C)(C)C2C=CC(C3CC=CCC3)=CC2)C=C1. The summed E-state index contributed by atoms with van der Waals surface area (Å²) in [6.07, 6.45) is 33.9. The molecule has 0 aromatic heterocycles. The minimum absolute atomic E-state index is 0.553. The van der Waals surface area contributed by atoms with E-state index in [9.17, 15) is 0 Å². The summed E-state index contributed by atoms with van der Waals surface area (Å²) in [5.74, 6) is 0.746. The van der Waals surface area contributed by atoms with Crippen LogP contribution in [0, 0.1) is 5.92 Å². The Balaban J connectivity index is 1.56. The first-order chi connectivity index (χ1) is 13.1. The van der Waals surface area contributed by atoms with Gasteiger partial charge in [0.2, 0.25) is 0 Å². The average molecular weight is 363 g/mol. The normalized spacial score (nSPS) is 28.3. The van der Waals surface area contributed by atoms with E-state index < -0.39 is 0 Å². The number of quaternary nitrogens is 1. The van der Waals surface area contributed by atoms with Crippen LogP contribution in [0.5, 0.6) is 0 Å². The first kappa shape index (κ1) is 19.9. The van der Waals surface area contributed by atoms with E-state index in [0.29, 0.717) is 12.1 Å². The number of allylic oxidation sites excluding steroid dienone is 9. The molecule has 0 bridgehead atoms. The number of hydrogen-bond acceptors (Lipinski definition) is 0. The second-order valence-corrected chi connectivity index (χ2v) is 8.61. The molecule has 3 atom stereocenters. The van der Waals surface area contributed by atoms with Gasteiger partial charge in [-0.25, -0.2) is 0 Å². The Morgan fingerprint density at radius 2 is 1.78 bits per heavy atom. The van der Waals surface area contributed by atoms with Crippen molar-refractivity contribution in [2.24, 2.45) is 5.92 Å². The van der Waals surface area contributed by atoms with Crippen molar-refractivity contribution in [2.75, 3.05) is 14.1 Å². The topological polar surface area (TPSA) is 0 Å². The van der Waals surface area contributed by atoms with Crippen molar-refractivity contribution >= 4 is 0 Å². The van der Waals surface area contributed by atoms with E-state index in [2.05, 4.69) is 81.4 Å². The highest BCUT2D eigenvalue weighted by Crippen LogP contribution is 2.32. The summed E-state index contributed by atoms with van der Waals surface area (Å²) in [7, 11) is 4.79. The fraction of sp³-hybridized carbons (Fsp3) is 0.462. The zero-order valence-electron chi connectivity index (χ0n) is 17.2. The van der Waals surface area contributed by atoms with Crippen molar-refractivity contribution in [3.8, 4) is 0 Å². The Labute approximate surface area is 166 Å². The molecule has 0 aromatic carbocycles. The van der Waals surface area contributed by atoms with Crippen molar-refractivity contribution in [1.29, 1.82) is 0 Å². The van der Waals surface area contributed by atoms with Gasteiger partial charge in [-0.1, -0.05) is 54.7 Å². The third-order valence-electron chi connectivity index (χ3n) is 6.51. The molecule has 0 heterocycles. The molecular formula is C26H36N+. The predicted molar refractivity (Wildman–Crippen MR) is 118 cm³/mol. The van der Waals surface area contributed by atoms with Crippen LogP contribution in [0.4, 0.5) is 0 Å². The van der Waals surface area contributed by atoms with Crippen LogP contribution in [-0.4, -0.2) is 30.7 Å². The molecule has 3 aliphatic carbocycles. The van der Waals surface area contributed by atoms with Gasteiger partial charge in [-0.15, -0.1) is 6.58 Å². The summed E-state index contributed by atoms with van der Waals surface area (Å²) in [5.41, 5.74) is 2.92. The smallest absolute Gasteiger partial charge is 0.112 e. The molecule has 0 radical (unpaired) electrons. The van der Waals surface area contributed by atoms with Gasteiger partial charge in [-0.2, -0.15) is 0 Å². The third-order valence-corrected chi connectivity index (χ3v) is 6.51. The summed E-state index contributed by atoms with van der Waals surface area (Å²) in [6, 6.07) is 1.12. The van der Waals surface area contributed by atoms with Gasteiger partial charge in [-0.05, 0) is 61.3 Å². The highest BCUT2D eigenvalue weighted by Gasteiger charge is 2.34. The zero-order chi connectivity index (χ0) is 19.1. The summed E-state index contributed by atoms with van der Waals surface area (Å²) in [6.45, 7) is 3.78. The first-order valence-corrected chi connectivity index (χ1v) is 10.6. The lowest BCUT2D eigenvalue weighted by atomic mass is 9.83. The molecule has 1 heteroatoms. The lowest BCUT2D eigenvalue weighted by Gasteiger charge is -2.43. The molecule has 3 unspecified atom stereocenters. The van der Waals surface area contributed by atoms with E-state index in [4.69, 9.17) is 0 Å². The van der Waals surface area contributed by atoms with Gasteiger partial charge in [0.1, 0.15) is 12.1 Å². The van der Waals surface area contributed by atoms with Crippen LogP contribution in [0.1, 0.15) is 44.9 Å². The maximum absolute atomic E-state index is 3.78. The molecular weight excluding hydrogens is 326 g/mol. The summed E-state index contributed by atoms with van der Waals surface area (Å²) in [4.78, 5) is 0.